The van der Waals surface area contributed by atoms with E-state index < -0.39 is 0 Å². The Kier molecular flexibility index (Phi) is 8.70. The molecule has 7 heteroatoms. The maximum absolute atomic E-state index is 13.0. The van der Waals surface area contributed by atoms with Crippen molar-refractivity contribution in [1.29, 1.82) is 0 Å². The van der Waals surface area contributed by atoms with Crippen LogP contribution in [0.5, 0.6) is 17.2 Å². The lowest BCUT2D eigenvalue weighted by Crippen LogP contribution is -2.30. The predicted molar refractivity (Wildman–Crippen MR) is 115 cm³/mol. The molecule has 1 aliphatic rings. The Labute approximate surface area is 171 Å². The molecule has 0 radical (unpaired) electrons. The molecule has 0 aliphatic carbocycles. The van der Waals surface area contributed by atoms with Crippen LogP contribution in [0.1, 0.15) is 45.1 Å². The molecule has 0 spiro atoms. The van der Waals surface area contributed by atoms with Gasteiger partial charge in [0.2, 0.25) is 5.75 Å². The fourth-order valence-corrected chi connectivity index (χ4v) is 3.84. The molecular formula is C21H30N2O4S. The molecule has 2 rings (SSSR count). The lowest BCUT2D eigenvalue weighted by molar-refractivity contribution is -0.122. The van der Waals surface area contributed by atoms with E-state index in [0.29, 0.717) is 28.7 Å². The summed E-state index contributed by atoms with van der Waals surface area (Å²) in [6.07, 6.45) is 5.95. The summed E-state index contributed by atoms with van der Waals surface area (Å²) in [6, 6.07) is 3.68. The quantitative estimate of drug-likeness (QED) is 0.420. The number of benzene rings is 1. The topological polar surface area (TPSA) is 60.4 Å². The number of carbonyl (C=O) groups is 1. The fraction of sp³-hybridized carbons (Fsp3) is 0.524. The number of nitrogens with zero attached hydrogens (tertiary/aromatic N) is 2. The number of methoxy groups -OCH3 is 3. The van der Waals surface area contributed by atoms with Crippen molar-refractivity contribution in [1.82, 2.24) is 4.90 Å². The van der Waals surface area contributed by atoms with E-state index in [9.17, 15) is 4.79 Å². The van der Waals surface area contributed by atoms with Crippen LogP contribution in [-0.2, 0) is 4.79 Å². The van der Waals surface area contributed by atoms with Gasteiger partial charge < -0.3 is 14.2 Å². The average molecular weight is 407 g/mol. The summed E-state index contributed by atoms with van der Waals surface area (Å²) in [5, 5.41) is 0.797. The number of amides is 1. The van der Waals surface area contributed by atoms with E-state index in [4.69, 9.17) is 14.2 Å². The number of ether oxygens (including phenoxy) is 3. The summed E-state index contributed by atoms with van der Waals surface area (Å²) in [4.78, 5) is 20.1. The highest BCUT2D eigenvalue weighted by molar-refractivity contribution is 8.18. The SMILES string of the molecule is CCCCN=C1S/C(=C\c2cc(OC)c(OC)c(OC)c2)C(=O)N1CCCC. The van der Waals surface area contributed by atoms with E-state index >= 15 is 0 Å². The lowest BCUT2D eigenvalue weighted by Gasteiger charge is -2.15. The van der Waals surface area contributed by atoms with Gasteiger partial charge in [-0.1, -0.05) is 26.7 Å². The standard InChI is InChI=1S/C21H30N2O4S/c1-6-8-10-22-21-23(11-9-7-2)20(24)18(28-21)14-15-12-16(25-3)19(27-5)17(13-15)26-4/h12-14H,6-11H2,1-5H3/b18-14-,22-21?. The molecule has 1 aliphatic heterocycles. The highest BCUT2D eigenvalue weighted by Gasteiger charge is 2.32. The summed E-state index contributed by atoms with van der Waals surface area (Å²) in [7, 11) is 4.73. The van der Waals surface area contributed by atoms with Crippen molar-refractivity contribution < 1.29 is 19.0 Å². The van der Waals surface area contributed by atoms with Gasteiger partial charge in [0.25, 0.3) is 5.91 Å². The van der Waals surface area contributed by atoms with E-state index in [2.05, 4.69) is 18.8 Å². The minimum atomic E-state index is 0.00227. The van der Waals surface area contributed by atoms with Gasteiger partial charge in [-0.3, -0.25) is 14.7 Å². The number of unbranched alkanes of at least 4 members (excludes halogenated alkanes) is 2. The van der Waals surface area contributed by atoms with Gasteiger partial charge in [-0.15, -0.1) is 0 Å². The summed E-state index contributed by atoms with van der Waals surface area (Å²) in [6.45, 7) is 5.69. The van der Waals surface area contributed by atoms with E-state index in [-0.39, 0.29) is 5.91 Å². The molecule has 1 heterocycles. The fourth-order valence-electron chi connectivity index (χ4n) is 2.81. The third-order valence-electron chi connectivity index (χ3n) is 4.37. The largest absolute Gasteiger partial charge is 0.493 e. The van der Waals surface area contributed by atoms with Crippen LogP contribution in [0.4, 0.5) is 0 Å². The van der Waals surface area contributed by atoms with Gasteiger partial charge >= 0.3 is 0 Å². The second kappa shape index (κ2) is 11.0. The molecule has 0 N–H and O–H groups in total. The number of hydrogen-bond acceptors (Lipinski definition) is 6. The lowest BCUT2D eigenvalue weighted by atomic mass is 10.1. The van der Waals surface area contributed by atoms with Crippen LogP contribution in [0.3, 0.4) is 0 Å². The predicted octanol–water partition coefficient (Wildman–Crippen LogP) is 4.58. The highest BCUT2D eigenvalue weighted by Crippen LogP contribution is 2.40. The smallest absolute Gasteiger partial charge is 0.266 e. The second-order valence-electron chi connectivity index (χ2n) is 6.40. The first kappa shape index (κ1) is 22.1. The molecule has 1 saturated heterocycles. The minimum Gasteiger partial charge on any atom is -0.493 e. The average Bonchev–Trinajstić information content (AvgIpc) is 3.00. The van der Waals surface area contributed by atoms with E-state index in [1.807, 2.05) is 18.2 Å². The van der Waals surface area contributed by atoms with Crippen LogP contribution >= 0.6 is 11.8 Å². The van der Waals surface area contributed by atoms with Crippen molar-refractivity contribution in [2.24, 2.45) is 4.99 Å². The van der Waals surface area contributed by atoms with Gasteiger partial charge in [0.1, 0.15) is 0 Å². The molecule has 0 aromatic heterocycles. The minimum absolute atomic E-state index is 0.00227. The molecule has 28 heavy (non-hydrogen) atoms. The Morgan fingerprint density at radius 3 is 2.21 bits per heavy atom. The molecule has 0 atom stereocenters. The zero-order valence-electron chi connectivity index (χ0n) is 17.4. The Hall–Kier alpha value is -2.15. The van der Waals surface area contributed by atoms with Crippen LogP contribution in [0.15, 0.2) is 22.0 Å². The maximum Gasteiger partial charge on any atom is 0.266 e. The van der Waals surface area contributed by atoms with Crippen LogP contribution in [0, 0.1) is 0 Å². The van der Waals surface area contributed by atoms with E-state index in [0.717, 1.165) is 43.0 Å². The third-order valence-corrected chi connectivity index (χ3v) is 5.41. The number of carbonyl (C=O) groups excluding carboxylic acids is 1. The molecule has 0 saturated carbocycles. The summed E-state index contributed by atoms with van der Waals surface area (Å²) >= 11 is 1.43. The Morgan fingerprint density at radius 1 is 1.04 bits per heavy atom. The Morgan fingerprint density at radius 2 is 1.68 bits per heavy atom. The molecule has 1 fully saturated rings. The van der Waals surface area contributed by atoms with Gasteiger partial charge in [-0.2, -0.15) is 0 Å². The van der Waals surface area contributed by atoms with Crippen molar-refractivity contribution >= 4 is 28.9 Å². The number of hydrogen-bond donors (Lipinski definition) is 0. The van der Waals surface area contributed by atoms with Crippen LogP contribution in [0.25, 0.3) is 6.08 Å². The first-order valence-corrected chi connectivity index (χ1v) is 10.5. The normalized spacial score (nSPS) is 16.9. The molecule has 1 amide bonds. The molecule has 0 unspecified atom stereocenters. The van der Waals surface area contributed by atoms with Crippen LogP contribution < -0.4 is 14.2 Å². The maximum atomic E-state index is 13.0. The number of rotatable bonds is 10. The zero-order valence-corrected chi connectivity index (χ0v) is 18.2. The van der Waals surface area contributed by atoms with E-state index in [1.54, 1.807) is 26.2 Å². The van der Waals surface area contributed by atoms with Crippen molar-refractivity contribution in [2.45, 2.75) is 39.5 Å². The molecule has 0 bridgehead atoms. The number of aliphatic imine (C=N–C) groups is 1. The van der Waals surface area contributed by atoms with Gasteiger partial charge in [0, 0.05) is 13.1 Å². The molecule has 1 aromatic carbocycles. The summed E-state index contributed by atoms with van der Waals surface area (Å²) in [5.74, 6) is 1.65. The first-order chi connectivity index (χ1) is 13.6. The van der Waals surface area contributed by atoms with Crippen molar-refractivity contribution in [3.8, 4) is 17.2 Å². The summed E-state index contributed by atoms with van der Waals surface area (Å²) in [5.41, 5.74) is 0.815. The first-order valence-electron chi connectivity index (χ1n) is 9.65. The molecule has 1 aromatic rings. The third kappa shape index (κ3) is 5.22. The van der Waals surface area contributed by atoms with Gasteiger partial charge in [0.15, 0.2) is 16.7 Å². The van der Waals surface area contributed by atoms with Gasteiger partial charge in [0.05, 0.1) is 26.2 Å². The number of amidine groups is 1. The summed E-state index contributed by atoms with van der Waals surface area (Å²) < 4.78 is 16.2. The van der Waals surface area contributed by atoms with Crippen molar-refractivity contribution in [3.05, 3.63) is 22.6 Å². The van der Waals surface area contributed by atoms with Crippen LogP contribution in [-0.4, -0.2) is 50.4 Å². The Balaban J connectivity index is 2.36. The van der Waals surface area contributed by atoms with Gasteiger partial charge in [-0.05, 0) is 48.4 Å². The molecule has 6 nitrogen and oxygen atoms in total. The zero-order chi connectivity index (χ0) is 20.5. The van der Waals surface area contributed by atoms with Crippen LogP contribution in [0.2, 0.25) is 0 Å². The molecule has 154 valence electrons. The van der Waals surface area contributed by atoms with E-state index in [1.165, 1.54) is 11.8 Å². The Bertz CT molecular complexity index is 721. The monoisotopic (exact) mass is 406 g/mol. The second-order valence-corrected chi connectivity index (χ2v) is 7.41. The van der Waals surface area contributed by atoms with Crippen molar-refractivity contribution in [2.75, 3.05) is 34.4 Å². The highest BCUT2D eigenvalue weighted by atomic mass is 32.2. The number of thioether (sulfide) groups is 1. The van der Waals surface area contributed by atoms with Crippen molar-refractivity contribution in [3.63, 3.8) is 0 Å². The van der Waals surface area contributed by atoms with Gasteiger partial charge in [-0.25, -0.2) is 0 Å². The molecular weight excluding hydrogens is 376 g/mol.